The van der Waals surface area contributed by atoms with Gasteiger partial charge in [0.05, 0.1) is 0 Å². The number of rotatable bonds is 15. The van der Waals surface area contributed by atoms with Crippen LogP contribution in [0.5, 0.6) is 0 Å². The summed E-state index contributed by atoms with van der Waals surface area (Å²) in [5, 5.41) is 0. The lowest BCUT2D eigenvalue weighted by molar-refractivity contribution is -0.144. The van der Waals surface area contributed by atoms with Crippen molar-refractivity contribution in [2.75, 3.05) is 5.75 Å². The van der Waals surface area contributed by atoms with Crippen LogP contribution in [0, 0.1) is 0 Å². The molecule has 0 spiro atoms. The van der Waals surface area contributed by atoms with Gasteiger partial charge in [-0.3, -0.25) is 4.79 Å². The second-order valence-electron chi connectivity index (χ2n) is 5.73. The molecule has 0 aromatic carbocycles. The summed E-state index contributed by atoms with van der Waals surface area (Å²) in [5.74, 6) is 1.05. The number of hydrogen-bond donors (Lipinski definition) is 0. The molecule has 0 N–H and O–H groups in total. The molecule has 2 nitrogen and oxygen atoms in total. The SMILES string of the molecule is CCCCCCCCCCCCSC(CC)OC(=O)CC. The van der Waals surface area contributed by atoms with E-state index in [4.69, 9.17) is 4.74 Å². The lowest BCUT2D eigenvalue weighted by Crippen LogP contribution is -2.13. The van der Waals surface area contributed by atoms with Gasteiger partial charge in [-0.25, -0.2) is 0 Å². The van der Waals surface area contributed by atoms with Gasteiger partial charge in [0.15, 0.2) is 0 Å². The van der Waals surface area contributed by atoms with E-state index in [0.717, 1.165) is 12.2 Å². The molecular formula is C18H36O2S. The first kappa shape index (κ1) is 20.8. The number of thioether (sulfide) groups is 1. The monoisotopic (exact) mass is 316 g/mol. The molecule has 0 radical (unpaired) electrons. The number of carbonyl (C=O) groups is 1. The molecule has 0 saturated carbocycles. The first-order valence-corrected chi connectivity index (χ1v) is 10.1. The minimum atomic E-state index is -0.0718. The van der Waals surface area contributed by atoms with Crippen LogP contribution in [0.25, 0.3) is 0 Å². The van der Waals surface area contributed by atoms with Crippen molar-refractivity contribution in [1.29, 1.82) is 0 Å². The summed E-state index contributed by atoms with van der Waals surface area (Å²) < 4.78 is 5.36. The highest BCUT2D eigenvalue weighted by Crippen LogP contribution is 2.19. The average Bonchev–Trinajstić information content (AvgIpc) is 2.51. The van der Waals surface area contributed by atoms with E-state index in [1.807, 2.05) is 6.92 Å². The Balaban J connectivity index is 3.28. The van der Waals surface area contributed by atoms with Crippen LogP contribution in [0.3, 0.4) is 0 Å². The largest absolute Gasteiger partial charge is 0.451 e. The molecule has 1 unspecified atom stereocenters. The van der Waals surface area contributed by atoms with Crippen molar-refractivity contribution in [3.63, 3.8) is 0 Å². The standard InChI is InChI=1S/C18H36O2S/c1-4-7-8-9-10-11-12-13-14-15-16-21-18(6-3)20-17(19)5-2/h18H,4-16H2,1-3H3. The van der Waals surface area contributed by atoms with Gasteiger partial charge < -0.3 is 4.74 Å². The van der Waals surface area contributed by atoms with Gasteiger partial charge in [-0.1, -0.05) is 78.6 Å². The summed E-state index contributed by atoms with van der Waals surface area (Å²) in [5.41, 5.74) is 0.0658. The molecule has 0 aromatic rings. The molecule has 0 saturated heterocycles. The maximum Gasteiger partial charge on any atom is 0.306 e. The minimum absolute atomic E-state index is 0.0658. The van der Waals surface area contributed by atoms with Gasteiger partial charge in [0, 0.05) is 6.42 Å². The number of carbonyl (C=O) groups excluding carboxylic acids is 1. The number of unbranched alkanes of at least 4 members (excludes halogenated alkanes) is 9. The molecule has 0 fully saturated rings. The topological polar surface area (TPSA) is 26.3 Å². The predicted molar refractivity (Wildman–Crippen MR) is 94.8 cm³/mol. The van der Waals surface area contributed by atoms with Crippen molar-refractivity contribution in [2.45, 2.75) is 103 Å². The fraction of sp³-hybridized carbons (Fsp3) is 0.944. The van der Waals surface area contributed by atoms with Crippen LogP contribution in [-0.4, -0.2) is 17.2 Å². The molecule has 0 amide bonds. The Hall–Kier alpha value is -0.180. The molecule has 21 heavy (non-hydrogen) atoms. The van der Waals surface area contributed by atoms with Gasteiger partial charge in [-0.2, -0.15) is 0 Å². The molecule has 0 heterocycles. The maximum absolute atomic E-state index is 11.2. The zero-order valence-corrected chi connectivity index (χ0v) is 15.3. The molecule has 1 atom stereocenters. The Morgan fingerprint density at radius 3 is 1.86 bits per heavy atom. The number of ether oxygens (including phenoxy) is 1. The molecule has 0 rings (SSSR count). The lowest BCUT2D eigenvalue weighted by atomic mass is 10.1. The normalized spacial score (nSPS) is 12.3. The lowest BCUT2D eigenvalue weighted by Gasteiger charge is -2.15. The smallest absolute Gasteiger partial charge is 0.306 e. The molecule has 3 heteroatoms. The third kappa shape index (κ3) is 14.5. The van der Waals surface area contributed by atoms with E-state index in [2.05, 4.69) is 13.8 Å². The van der Waals surface area contributed by atoms with Crippen LogP contribution in [0.1, 0.15) is 97.8 Å². The van der Waals surface area contributed by atoms with Gasteiger partial charge in [0.25, 0.3) is 0 Å². The van der Waals surface area contributed by atoms with Crippen molar-refractivity contribution in [1.82, 2.24) is 0 Å². The van der Waals surface area contributed by atoms with Crippen LogP contribution >= 0.6 is 11.8 Å². The van der Waals surface area contributed by atoms with Crippen LogP contribution in [0.4, 0.5) is 0 Å². The summed E-state index contributed by atoms with van der Waals surface area (Å²) in [6.45, 7) is 6.20. The van der Waals surface area contributed by atoms with E-state index in [-0.39, 0.29) is 11.4 Å². The summed E-state index contributed by atoms with van der Waals surface area (Å²) >= 11 is 1.80. The van der Waals surface area contributed by atoms with Crippen molar-refractivity contribution >= 4 is 17.7 Å². The van der Waals surface area contributed by atoms with Gasteiger partial charge in [-0.05, 0) is 18.6 Å². The number of hydrogen-bond acceptors (Lipinski definition) is 3. The van der Waals surface area contributed by atoms with Crippen molar-refractivity contribution < 1.29 is 9.53 Å². The fourth-order valence-electron chi connectivity index (χ4n) is 2.27. The van der Waals surface area contributed by atoms with E-state index >= 15 is 0 Å². The van der Waals surface area contributed by atoms with Crippen LogP contribution in [-0.2, 0) is 9.53 Å². The first-order valence-electron chi connectivity index (χ1n) is 9.05. The van der Waals surface area contributed by atoms with E-state index < -0.39 is 0 Å². The van der Waals surface area contributed by atoms with E-state index in [0.29, 0.717) is 6.42 Å². The third-order valence-electron chi connectivity index (χ3n) is 3.69. The first-order chi connectivity index (χ1) is 10.2. The Labute approximate surface area is 136 Å². The fourth-order valence-corrected chi connectivity index (χ4v) is 3.31. The highest BCUT2D eigenvalue weighted by molar-refractivity contribution is 7.99. The highest BCUT2D eigenvalue weighted by Gasteiger charge is 2.10. The van der Waals surface area contributed by atoms with Gasteiger partial charge in [0.2, 0.25) is 0 Å². The Morgan fingerprint density at radius 2 is 1.38 bits per heavy atom. The van der Waals surface area contributed by atoms with Crippen LogP contribution < -0.4 is 0 Å². The summed E-state index contributed by atoms with van der Waals surface area (Å²) in [7, 11) is 0. The minimum Gasteiger partial charge on any atom is -0.451 e. The molecule has 0 bridgehead atoms. The zero-order valence-electron chi connectivity index (χ0n) is 14.5. The van der Waals surface area contributed by atoms with E-state index in [1.54, 1.807) is 11.8 Å². The molecular weight excluding hydrogens is 280 g/mol. The molecule has 126 valence electrons. The molecule has 0 aromatic heterocycles. The molecule has 0 aliphatic rings. The summed E-state index contributed by atoms with van der Waals surface area (Å²) in [4.78, 5) is 11.2. The third-order valence-corrected chi connectivity index (χ3v) is 5.01. The van der Waals surface area contributed by atoms with Gasteiger partial charge in [-0.15, -0.1) is 11.8 Å². The Morgan fingerprint density at radius 1 is 0.857 bits per heavy atom. The van der Waals surface area contributed by atoms with Crippen molar-refractivity contribution in [2.24, 2.45) is 0 Å². The second-order valence-corrected chi connectivity index (χ2v) is 7.00. The summed E-state index contributed by atoms with van der Waals surface area (Å²) in [6, 6.07) is 0. The predicted octanol–water partition coefficient (Wildman–Crippen LogP) is 6.33. The number of esters is 1. The van der Waals surface area contributed by atoms with Crippen LogP contribution in [0.2, 0.25) is 0 Å². The maximum atomic E-state index is 11.2. The second kappa shape index (κ2) is 16.2. The van der Waals surface area contributed by atoms with Gasteiger partial charge >= 0.3 is 5.97 Å². The molecule has 0 aliphatic carbocycles. The summed E-state index contributed by atoms with van der Waals surface area (Å²) in [6.07, 6.45) is 15.1. The Bertz CT molecular complexity index is 231. The van der Waals surface area contributed by atoms with E-state index in [9.17, 15) is 4.79 Å². The van der Waals surface area contributed by atoms with E-state index in [1.165, 1.54) is 64.2 Å². The molecule has 0 aliphatic heterocycles. The van der Waals surface area contributed by atoms with Crippen LogP contribution in [0.15, 0.2) is 0 Å². The zero-order chi connectivity index (χ0) is 15.8. The Kier molecular flexibility index (Phi) is 16.1. The van der Waals surface area contributed by atoms with Crippen molar-refractivity contribution in [3.05, 3.63) is 0 Å². The average molecular weight is 317 g/mol. The quantitative estimate of drug-likeness (QED) is 0.200. The van der Waals surface area contributed by atoms with Gasteiger partial charge in [0.1, 0.15) is 5.44 Å². The highest BCUT2D eigenvalue weighted by atomic mass is 32.2. The van der Waals surface area contributed by atoms with Crippen molar-refractivity contribution in [3.8, 4) is 0 Å².